The molecule has 0 aromatic heterocycles. The second-order valence-electron chi connectivity index (χ2n) is 17.7. The van der Waals surface area contributed by atoms with Gasteiger partial charge in [-0.1, -0.05) is 146 Å². The molecule has 1 N–H and O–H groups in total. The van der Waals surface area contributed by atoms with Crippen LogP contribution in [0, 0.1) is 58.2 Å². The molecule has 5 nitrogen and oxygen atoms in total. The van der Waals surface area contributed by atoms with Crippen molar-refractivity contribution < 1.29 is 0 Å². The summed E-state index contributed by atoms with van der Waals surface area (Å²) < 4.78 is 0. The van der Waals surface area contributed by atoms with Crippen LogP contribution >= 0.6 is 0 Å². The molecular formula is C46H93N5. The standard InChI is InChI=1S/C11H21N.C11H23N.C11H19N.C10H18N2.3CH4/c1-9(2)11(10(3)4)5-7-12-8-6-11;2*1-9(2)11(10(3)4)7-5-6-8-12-11;1-8(2)10(9(3)4)5-11-7-12-6-10;;;/h7,9-10H,5-6,8H2,1-4H3;9-10,12H,5-8H2,1-4H3;5-6,8-10H,7H2,1-4H3;5,7-9H,6H2,1-4H3;3*1H4. The third-order valence-electron chi connectivity index (χ3n) is 13.1. The van der Waals surface area contributed by atoms with Gasteiger partial charge in [-0.2, -0.15) is 0 Å². The summed E-state index contributed by atoms with van der Waals surface area (Å²) in [5, 5.41) is 3.73. The van der Waals surface area contributed by atoms with Crippen LogP contribution in [-0.4, -0.2) is 55.7 Å². The number of aliphatic imine (C=N–C) groups is 4. The lowest BCUT2D eigenvalue weighted by atomic mass is 9.64. The van der Waals surface area contributed by atoms with Crippen molar-refractivity contribution in [1.82, 2.24) is 5.32 Å². The second kappa shape index (κ2) is 24.6. The predicted molar refractivity (Wildman–Crippen MR) is 238 cm³/mol. The Morgan fingerprint density at radius 3 is 1.37 bits per heavy atom. The van der Waals surface area contributed by atoms with Crippen molar-refractivity contribution in [1.29, 1.82) is 0 Å². The molecule has 0 amide bonds. The van der Waals surface area contributed by atoms with E-state index in [2.05, 4.69) is 155 Å². The summed E-state index contributed by atoms with van der Waals surface area (Å²) in [6.45, 7) is 39.9. The molecule has 5 heteroatoms. The van der Waals surface area contributed by atoms with Crippen LogP contribution in [0.25, 0.3) is 0 Å². The van der Waals surface area contributed by atoms with Gasteiger partial charge in [-0.05, 0) is 104 Å². The highest BCUT2D eigenvalue weighted by Gasteiger charge is 2.39. The summed E-state index contributed by atoms with van der Waals surface area (Å²) >= 11 is 0. The SMILES string of the molecule is C.C.C.CC(C)C1(C(C)C)C=NC=NC1.CC(C)C1(C(C)C)CC=CC=N1.CC(C)C1(C(C)C)CC=NCC1.CC(C)C1(C(C)C)CCCCN1. The molecule has 0 unspecified atom stereocenters. The molecule has 302 valence electrons. The zero-order chi connectivity index (χ0) is 36.8. The zero-order valence-electron chi connectivity index (χ0n) is 34.7. The molecule has 4 heterocycles. The number of hydrogen-bond donors (Lipinski definition) is 1. The normalized spacial score (nSPS) is 20.5. The fourth-order valence-electron chi connectivity index (χ4n) is 8.80. The quantitative estimate of drug-likeness (QED) is 0.267. The molecule has 0 bridgehead atoms. The molecule has 0 spiro atoms. The van der Waals surface area contributed by atoms with Gasteiger partial charge in [0.25, 0.3) is 0 Å². The van der Waals surface area contributed by atoms with Gasteiger partial charge in [0.2, 0.25) is 0 Å². The summed E-state index contributed by atoms with van der Waals surface area (Å²) in [5.41, 5.74) is 1.31. The van der Waals surface area contributed by atoms with E-state index in [9.17, 15) is 0 Å². The van der Waals surface area contributed by atoms with Crippen molar-refractivity contribution in [2.24, 2.45) is 78.1 Å². The zero-order valence-corrected chi connectivity index (χ0v) is 34.7. The van der Waals surface area contributed by atoms with Gasteiger partial charge >= 0.3 is 0 Å². The van der Waals surface area contributed by atoms with Crippen LogP contribution in [0.3, 0.4) is 0 Å². The Labute approximate surface area is 322 Å². The van der Waals surface area contributed by atoms with Gasteiger partial charge in [0.05, 0.1) is 12.1 Å². The minimum atomic E-state index is 0. The Kier molecular flexibility index (Phi) is 26.0. The topological polar surface area (TPSA) is 61.5 Å². The molecule has 51 heavy (non-hydrogen) atoms. The first-order valence-corrected chi connectivity index (χ1v) is 19.8. The highest BCUT2D eigenvalue weighted by Crippen LogP contribution is 2.43. The molecule has 0 saturated carbocycles. The minimum absolute atomic E-state index is 0. The smallest absolute Gasteiger partial charge is 0.109 e. The van der Waals surface area contributed by atoms with Crippen molar-refractivity contribution >= 4 is 25.0 Å². The van der Waals surface area contributed by atoms with Gasteiger partial charge in [0.1, 0.15) is 6.34 Å². The first-order chi connectivity index (χ1) is 22.4. The number of piperidine rings is 1. The average Bonchev–Trinajstić information content (AvgIpc) is 3.06. The van der Waals surface area contributed by atoms with Gasteiger partial charge in [-0.3, -0.25) is 15.0 Å². The largest absolute Gasteiger partial charge is 0.311 e. The van der Waals surface area contributed by atoms with E-state index in [4.69, 9.17) is 0 Å². The van der Waals surface area contributed by atoms with Crippen molar-refractivity contribution in [3.63, 3.8) is 0 Å². The van der Waals surface area contributed by atoms with E-state index in [0.717, 1.165) is 43.2 Å². The van der Waals surface area contributed by atoms with Gasteiger partial charge in [0.15, 0.2) is 0 Å². The molecular weight excluding hydrogens is 623 g/mol. The predicted octanol–water partition coefficient (Wildman–Crippen LogP) is 13.3. The first-order valence-electron chi connectivity index (χ1n) is 19.8. The monoisotopic (exact) mass is 716 g/mol. The van der Waals surface area contributed by atoms with Crippen LogP contribution in [0.2, 0.25) is 0 Å². The van der Waals surface area contributed by atoms with Gasteiger partial charge < -0.3 is 5.32 Å². The Bertz CT molecular complexity index is 952. The second-order valence-corrected chi connectivity index (χ2v) is 17.7. The van der Waals surface area contributed by atoms with Crippen molar-refractivity contribution in [3.8, 4) is 0 Å². The molecule has 4 aliphatic rings. The van der Waals surface area contributed by atoms with Crippen LogP contribution in [0.4, 0.5) is 0 Å². The third kappa shape index (κ3) is 13.9. The molecule has 0 atom stereocenters. The maximum atomic E-state index is 4.65. The lowest BCUT2D eigenvalue weighted by Crippen LogP contribution is -2.56. The highest BCUT2D eigenvalue weighted by atomic mass is 15.0. The molecule has 0 radical (unpaired) electrons. The third-order valence-corrected chi connectivity index (χ3v) is 13.1. The Balaban J connectivity index is -0.000000591. The number of dihydropyridines is 1. The molecule has 0 aromatic rings. The number of nitrogens with zero attached hydrogens (tertiary/aromatic N) is 4. The van der Waals surface area contributed by atoms with Crippen LogP contribution in [0.15, 0.2) is 32.1 Å². The van der Waals surface area contributed by atoms with Crippen LogP contribution < -0.4 is 5.32 Å². The summed E-state index contributed by atoms with van der Waals surface area (Å²) in [5.74, 6) is 5.55. The maximum Gasteiger partial charge on any atom is 0.109 e. The van der Waals surface area contributed by atoms with E-state index >= 15 is 0 Å². The van der Waals surface area contributed by atoms with Crippen molar-refractivity contribution in [2.75, 3.05) is 19.6 Å². The fraction of sp³-hybridized carbons (Fsp3) is 0.870. The molecule has 0 aromatic carbocycles. The van der Waals surface area contributed by atoms with Crippen LogP contribution in [-0.2, 0) is 0 Å². The highest BCUT2D eigenvalue weighted by molar-refractivity contribution is 5.79. The van der Waals surface area contributed by atoms with E-state index in [0.29, 0.717) is 34.6 Å². The van der Waals surface area contributed by atoms with E-state index < -0.39 is 0 Å². The molecule has 4 rings (SSSR count). The minimum Gasteiger partial charge on any atom is -0.311 e. The number of allylic oxidation sites excluding steroid dienone is 1. The van der Waals surface area contributed by atoms with Crippen molar-refractivity contribution in [2.45, 2.75) is 183 Å². The fourth-order valence-corrected chi connectivity index (χ4v) is 8.80. The summed E-state index contributed by atoms with van der Waals surface area (Å²) in [7, 11) is 0. The van der Waals surface area contributed by atoms with Gasteiger partial charge in [-0.15, -0.1) is 0 Å². The summed E-state index contributed by atoms with van der Waals surface area (Å²) in [4.78, 5) is 17.4. The van der Waals surface area contributed by atoms with Gasteiger partial charge in [-0.25, -0.2) is 4.99 Å². The number of rotatable bonds is 8. The molecule has 0 aliphatic carbocycles. The molecule has 1 fully saturated rings. The van der Waals surface area contributed by atoms with Crippen LogP contribution in [0.5, 0.6) is 0 Å². The van der Waals surface area contributed by atoms with E-state index in [1.54, 1.807) is 6.34 Å². The Hall–Kier alpha value is -1.62. The van der Waals surface area contributed by atoms with E-state index in [1.807, 2.05) is 12.3 Å². The maximum absolute atomic E-state index is 4.65. The lowest BCUT2D eigenvalue weighted by molar-refractivity contribution is 0.107. The van der Waals surface area contributed by atoms with Gasteiger partial charge in [0, 0.05) is 29.9 Å². The molecule has 1 saturated heterocycles. The number of hydrogen-bond acceptors (Lipinski definition) is 5. The summed E-state index contributed by atoms with van der Waals surface area (Å²) in [6.07, 6.45) is 19.8. The Morgan fingerprint density at radius 2 is 1.14 bits per heavy atom. The van der Waals surface area contributed by atoms with Crippen molar-refractivity contribution in [3.05, 3.63) is 12.2 Å². The average molecular weight is 716 g/mol. The number of nitrogens with one attached hydrogen (secondary N) is 1. The van der Waals surface area contributed by atoms with E-state index in [-0.39, 0.29) is 33.2 Å². The van der Waals surface area contributed by atoms with E-state index in [1.165, 1.54) is 38.6 Å². The summed E-state index contributed by atoms with van der Waals surface area (Å²) in [6, 6.07) is 0. The lowest BCUT2D eigenvalue weighted by Gasteiger charge is -2.45. The first kappa shape index (κ1) is 53.7. The Morgan fingerprint density at radius 1 is 0.588 bits per heavy atom. The molecule has 4 aliphatic heterocycles. The van der Waals surface area contributed by atoms with Crippen LogP contribution in [0.1, 0.15) is 172 Å².